The Kier molecular flexibility index (Phi) is 1.92. The maximum absolute atomic E-state index is 5.81. The number of nitrogens with one attached hydrogen (secondary N) is 1. The quantitative estimate of drug-likeness (QED) is 0.784. The van der Waals surface area contributed by atoms with Gasteiger partial charge in [-0.05, 0) is 25.5 Å². The van der Waals surface area contributed by atoms with Crippen molar-refractivity contribution in [1.82, 2.24) is 9.55 Å². The fourth-order valence-electron chi connectivity index (χ4n) is 2.29. The first-order valence-electron chi connectivity index (χ1n) is 5.74. The largest absolute Gasteiger partial charge is 0.370 e. The molecular weight excluding hydrogens is 214 g/mol. The first-order chi connectivity index (χ1) is 8.14. The molecule has 2 heterocycles. The zero-order valence-corrected chi connectivity index (χ0v) is 9.94. The molecule has 0 saturated carbocycles. The van der Waals surface area contributed by atoms with Gasteiger partial charge in [-0.25, -0.2) is 9.98 Å². The molecule has 1 aromatic carbocycles. The lowest BCUT2D eigenvalue weighted by Gasteiger charge is -2.32. The van der Waals surface area contributed by atoms with Crippen LogP contribution >= 0.6 is 0 Å². The highest BCUT2D eigenvalue weighted by molar-refractivity contribution is 5.94. The SMILES string of the molecule is CC[C@]1(C)N=C(N)Nc2nc3ccccc3n21. The number of fused-ring (bicyclic) bond motifs is 3. The van der Waals surface area contributed by atoms with Gasteiger partial charge in [0.2, 0.25) is 5.95 Å². The van der Waals surface area contributed by atoms with Gasteiger partial charge in [0.05, 0.1) is 11.0 Å². The summed E-state index contributed by atoms with van der Waals surface area (Å²) in [6.45, 7) is 4.17. The summed E-state index contributed by atoms with van der Waals surface area (Å²) in [5, 5.41) is 3.02. The number of anilines is 1. The minimum Gasteiger partial charge on any atom is -0.370 e. The Balaban J connectivity index is 2.34. The molecule has 1 aliphatic rings. The number of para-hydroxylation sites is 2. The smallest absolute Gasteiger partial charge is 0.212 e. The minimum atomic E-state index is -0.360. The maximum atomic E-state index is 5.81. The summed E-state index contributed by atoms with van der Waals surface area (Å²) in [6.07, 6.45) is 0.864. The normalized spacial score (nSPS) is 23.1. The number of imidazole rings is 1. The van der Waals surface area contributed by atoms with Crippen LogP contribution in [0.25, 0.3) is 11.0 Å². The number of aromatic nitrogens is 2. The second-order valence-corrected chi connectivity index (χ2v) is 4.45. The van der Waals surface area contributed by atoms with Crippen LogP contribution in [0.1, 0.15) is 20.3 Å². The molecule has 17 heavy (non-hydrogen) atoms. The summed E-state index contributed by atoms with van der Waals surface area (Å²) < 4.78 is 2.11. The van der Waals surface area contributed by atoms with Gasteiger partial charge in [-0.3, -0.25) is 9.88 Å². The van der Waals surface area contributed by atoms with Gasteiger partial charge in [0.15, 0.2) is 5.96 Å². The summed E-state index contributed by atoms with van der Waals surface area (Å²) in [6, 6.07) is 8.04. The number of hydrogen-bond acceptors (Lipinski definition) is 4. The Bertz CT molecular complexity index is 612. The molecule has 1 atom stereocenters. The molecule has 0 amide bonds. The predicted molar refractivity (Wildman–Crippen MR) is 68.9 cm³/mol. The number of aliphatic imine (C=N–C) groups is 1. The third kappa shape index (κ3) is 1.32. The zero-order chi connectivity index (χ0) is 12.0. The topological polar surface area (TPSA) is 68.2 Å². The summed E-state index contributed by atoms with van der Waals surface area (Å²) in [7, 11) is 0. The van der Waals surface area contributed by atoms with E-state index in [1.165, 1.54) is 0 Å². The lowest BCUT2D eigenvalue weighted by atomic mass is 10.1. The highest BCUT2D eigenvalue weighted by Gasteiger charge is 2.32. The van der Waals surface area contributed by atoms with Crippen LogP contribution < -0.4 is 11.1 Å². The van der Waals surface area contributed by atoms with E-state index >= 15 is 0 Å². The predicted octanol–water partition coefficient (Wildman–Crippen LogP) is 1.86. The van der Waals surface area contributed by atoms with Crippen molar-refractivity contribution in [3.8, 4) is 0 Å². The molecule has 2 aromatic rings. The van der Waals surface area contributed by atoms with E-state index in [9.17, 15) is 0 Å². The van der Waals surface area contributed by atoms with Crippen LogP contribution in [0.5, 0.6) is 0 Å². The van der Waals surface area contributed by atoms with Gasteiger partial charge in [0.25, 0.3) is 0 Å². The maximum Gasteiger partial charge on any atom is 0.212 e. The van der Waals surface area contributed by atoms with Gasteiger partial charge in [0, 0.05) is 0 Å². The molecule has 5 heteroatoms. The van der Waals surface area contributed by atoms with Crippen LogP contribution in [0.3, 0.4) is 0 Å². The standard InChI is InChI=1S/C12H15N5/c1-3-12(2)16-10(13)15-11-14-8-6-4-5-7-9(8)17(11)12/h4-7H,3H2,1-2H3,(H3,13,14,15,16)/t12-/m1/s1. The molecular formula is C12H15N5. The third-order valence-electron chi connectivity index (χ3n) is 3.31. The van der Waals surface area contributed by atoms with Crippen molar-refractivity contribution in [3.05, 3.63) is 24.3 Å². The monoisotopic (exact) mass is 229 g/mol. The van der Waals surface area contributed by atoms with E-state index in [0.29, 0.717) is 5.96 Å². The lowest BCUT2D eigenvalue weighted by molar-refractivity contribution is 0.331. The van der Waals surface area contributed by atoms with Crippen molar-refractivity contribution in [3.63, 3.8) is 0 Å². The Morgan fingerprint density at radius 2 is 2.18 bits per heavy atom. The summed E-state index contributed by atoms with van der Waals surface area (Å²) in [5.74, 6) is 1.19. The van der Waals surface area contributed by atoms with E-state index in [0.717, 1.165) is 23.4 Å². The summed E-state index contributed by atoms with van der Waals surface area (Å²) in [5.41, 5.74) is 7.48. The van der Waals surface area contributed by atoms with Gasteiger partial charge >= 0.3 is 0 Å². The average molecular weight is 229 g/mol. The lowest BCUT2D eigenvalue weighted by Crippen LogP contribution is -2.39. The number of benzene rings is 1. The number of nitrogens with zero attached hydrogens (tertiary/aromatic N) is 3. The molecule has 1 aromatic heterocycles. The molecule has 0 fully saturated rings. The summed E-state index contributed by atoms with van der Waals surface area (Å²) in [4.78, 5) is 9.04. The van der Waals surface area contributed by atoms with Gasteiger partial charge in [-0.15, -0.1) is 0 Å². The first kappa shape index (κ1) is 10.1. The molecule has 5 nitrogen and oxygen atoms in total. The Labute approximate surface area is 99.4 Å². The van der Waals surface area contributed by atoms with Gasteiger partial charge in [-0.1, -0.05) is 19.1 Å². The van der Waals surface area contributed by atoms with Gasteiger partial charge in [-0.2, -0.15) is 0 Å². The van der Waals surface area contributed by atoms with Crippen molar-refractivity contribution in [2.45, 2.75) is 25.9 Å². The fourth-order valence-corrected chi connectivity index (χ4v) is 2.29. The van der Waals surface area contributed by atoms with E-state index in [4.69, 9.17) is 5.73 Å². The summed E-state index contributed by atoms with van der Waals surface area (Å²) >= 11 is 0. The third-order valence-corrected chi connectivity index (χ3v) is 3.31. The van der Waals surface area contributed by atoms with E-state index in [-0.39, 0.29) is 5.66 Å². The highest BCUT2D eigenvalue weighted by atomic mass is 15.4. The number of hydrogen-bond donors (Lipinski definition) is 2. The molecule has 0 saturated heterocycles. The van der Waals surface area contributed by atoms with Crippen LogP contribution in [0.2, 0.25) is 0 Å². The van der Waals surface area contributed by atoms with Crippen LogP contribution in [0, 0.1) is 0 Å². The first-order valence-corrected chi connectivity index (χ1v) is 5.74. The molecule has 3 rings (SSSR count). The second kappa shape index (κ2) is 3.23. The van der Waals surface area contributed by atoms with Crippen molar-refractivity contribution in [1.29, 1.82) is 0 Å². The van der Waals surface area contributed by atoms with Crippen LogP contribution in [0.4, 0.5) is 5.95 Å². The Hall–Kier alpha value is -2.04. The highest BCUT2D eigenvalue weighted by Crippen LogP contribution is 2.34. The Morgan fingerprint density at radius 1 is 1.41 bits per heavy atom. The molecule has 88 valence electrons. The van der Waals surface area contributed by atoms with Crippen LogP contribution in [0.15, 0.2) is 29.3 Å². The van der Waals surface area contributed by atoms with E-state index in [2.05, 4.69) is 39.8 Å². The van der Waals surface area contributed by atoms with Crippen LogP contribution in [-0.2, 0) is 5.66 Å². The number of nitrogens with two attached hydrogens (primary N) is 1. The van der Waals surface area contributed by atoms with Crippen molar-refractivity contribution < 1.29 is 0 Å². The van der Waals surface area contributed by atoms with E-state index < -0.39 is 0 Å². The van der Waals surface area contributed by atoms with E-state index in [1.54, 1.807) is 0 Å². The van der Waals surface area contributed by atoms with Gasteiger partial charge < -0.3 is 5.73 Å². The molecule has 1 aliphatic heterocycles. The zero-order valence-electron chi connectivity index (χ0n) is 9.94. The molecule has 0 unspecified atom stereocenters. The molecule has 3 N–H and O–H groups in total. The number of guanidine groups is 1. The molecule has 0 bridgehead atoms. The van der Waals surface area contributed by atoms with E-state index in [1.807, 2.05) is 18.2 Å². The minimum absolute atomic E-state index is 0.360. The average Bonchev–Trinajstić information content (AvgIpc) is 2.67. The number of rotatable bonds is 1. The fraction of sp³-hybridized carbons (Fsp3) is 0.333. The second-order valence-electron chi connectivity index (χ2n) is 4.45. The molecule has 0 aliphatic carbocycles. The molecule has 0 spiro atoms. The van der Waals surface area contributed by atoms with Crippen molar-refractivity contribution in [2.24, 2.45) is 10.7 Å². The van der Waals surface area contributed by atoms with Crippen molar-refractivity contribution >= 4 is 22.9 Å². The van der Waals surface area contributed by atoms with Crippen molar-refractivity contribution in [2.75, 3.05) is 5.32 Å². The van der Waals surface area contributed by atoms with Crippen LogP contribution in [-0.4, -0.2) is 15.5 Å². The van der Waals surface area contributed by atoms with Gasteiger partial charge in [0.1, 0.15) is 5.66 Å². The molecule has 0 radical (unpaired) electrons. The Morgan fingerprint density at radius 3 is 2.94 bits per heavy atom.